The first-order valence-electron chi connectivity index (χ1n) is 5.65. The Hall–Kier alpha value is -0.430. The summed E-state index contributed by atoms with van der Waals surface area (Å²) < 4.78 is 17.0. The zero-order valence-corrected chi connectivity index (χ0v) is 12.3. The number of fused-ring (bicyclic) bond motifs is 1. The van der Waals surface area contributed by atoms with Gasteiger partial charge in [0.15, 0.2) is 4.77 Å². The first-order chi connectivity index (χ1) is 8.06. The molecule has 0 atom stereocenters. The van der Waals surface area contributed by atoms with Crippen molar-refractivity contribution < 1.29 is 4.39 Å². The van der Waals surface area contributed by atoms with Crippen molar-refractivity contribution in [3.8, 4) is 0 Å². The van der Waals surface area contributed by atoms with Gasteiger partial charge in [0.05, 0.1) is 14.6 Å². The normalized spacial score (nSPS) is 23.9. The Labute approximate surface area is 117 Å². The van der Waals surface area contributed by atoms with E-state index in [-0.39, 0.29) is 5.82 Å². The van der Waals surface area contributed by atoms with E-state index in [1.54, 1.807) is 6.07 Å². The highest BCUT2D eigenvalue weighted by Crippen LogP contribution is 2.39. The largest absolute Gasteiger partial charge is 0.331 e. The summed E-state index contributed by atoms with van der Waals surface area (Å²) in [6.45, 7) is 2.23. The quantitative estimate of drug-likeness (QED) is 0.589. The van der Waals surface area contributed by atoms with Crippen molar-refractivity contribution in [1.29, 1.82) is 0 Å². The van der Waals surface area contributed by atoms with Crippen molar-refractivity contribution in [1.82, 2.24) is 9.55 Å². The van der Waals surface area contributed by atoms with Crippen LogP contribution in [0.25, 0.3) is 11.0 Å². The predicted octanol–water partition coefficient (Wildman–Crippen LogP) is 4.41. The molecule has 1 aromatic carbocycles. The van der Waals surface area contributed by atoms with Crippen molar-refractivity contribution in [3.63, 3.8) is 0 Å². The van der Waals surface area contributed by atoms with Gasteiger partial charge < -0.3 is 9.55 Å². The fourth-order valence-corrected chi connectivity index (χ4v) is 3.38. The van der Waals surface area contributed by atoms with Crippen LogP contribution in [-0.2, 0) is 0 Å². The van der Waals surface area contributed by atoms with Gasteiger partial charge in [-0.05, 0) is 59.6 Å². The van der Waals surface area contributed by atoms with E-state index in [0.29, 0.717) is 14.4 Å². The smallest absolute Gasteiger partial charge is 0.178 e. The van der Waals surface area contributed by atoms with Crippen LogP contribution in [0.1, 0.15) is 25.8 Å². The molecule has 17 heavy (non-hydrogen) atoms. The van der Waals surface area contributed by atoms with Crippen LogP contribution in [0, 0.1) is 20.1 Å². The monoisotopic (exact) mass is 362 g/mol. The van der Waals surface area contributed by atoms with Crippen LogP contribution in [-0.4, -0.2) is 9.55 Å². The highest BCUT2D eigenvalue weighted by Gasteiger charge is 2.28. The summed E-state index contributed by atoms with van der Waals surface area (Å²) in [6.07, 6.45) is 2.27. The Morgan fingerprint density at radius 2 is 2.18 bits per heavy atom. The molecule has 1 saturated carbocycles. The molecular weight excluding hydrogens is 350 g/mol. The third-order valence-electron chi connectivity index (χ3n) is 3.47. The van der Waals surface area contributed by atoms with E-state index in [4.69, 9.17) is 12.2 Å². The lowest BCUT2D eigenvalue weighted by atomic mass is 9.81. The van der Waals surface area contributed by atoms with Crippen LogP contribution in [0.15, 0.2) is 12.1 Å². The molecule has 1 fully saturated rings. The van der Waals surface area contributed by atoms with Crippen LogP contribution in [0.5, 0.6) is 0 Å². The second kappa shape index (κ2) is 4.05. The summed E-state index contributed by atoms with van der Waals surface area (Å²) in [7, 11) is 0. The van der Waals surface area contributed by atoms with Crippen LogP contribution >= 0.6 is 34.8 Å². The SMILES string of the molecule is CC1CC(n2c(=S)[nH]c3cc(I)c(F)cc32)C1. The number of aromatic nitrogens is 2. The molecule has 5 heteroatoms. The zero-order valence-electron chi connectivity index (χ0n) is 9.34. The number of nitrogens with one attached hydrogen (secondary N) is 1. The first-order valence-corrected chi connectivity index (χ1v) is 7.14. The first kappa shape index (κ1) is 11.6. The van der Waals surface area contributed by atoms with Gasteiger partial charge in [0, 0.05) is 12.1 Å². The summed E-state index contributed by atoms with van der Waals surface area (Å²) in [6, 6.07) is 3.84. The van der Waals surface area contributed by atoms with Gasteiger partial charge in [0.25, 0.3) is 0 Å². The molecule has 0 saturated heterocycles. The second-order valence-electron chi connectivity index (χ2n) is 4.81. The number of hydrogen-bond donors (Lipinski definition) is 1. The highest BCUT2D eigenvalue weighted by molar-refractivity contribution is 14.1. The Balaban J connectivity index is 2.20. The number of halogens is 2. The number of benzene rings is 1. The third kappa shape index (κ3) is 1.83. The Bertz CT molecular complexity index is 640. The predicted molar refractivity (Wildman–Crippen MR) is 77.2 cm³/mol. The number of hydrogen-bond acceptors (Lipinski definition) is 1. The summed E-state index contributed by atoms with van der Waals surface area (Å²) in [4.78, 5) is 3.17. The van der Waals surface area contributed by atoms with E-state index in [2.05, 4.69) is 16.5 Å². The van der Waals surface area contributed by atoms with Crippen molar-refractivity contribution in [2.75, 3.05) is 0 Å². The molecule has 0 aliphatic heterocycles. The van der Waals surface area contributed by atoms with Crippen LogP contribution in [0.3, 0.4) is 0 Å². The minimum Gasteiger partial charge on any atom is -0.331 e. The lowest BCUT2D eigenvalue weighted by molar-refractivity contribution is 0.219. The van der Waals surface area contributed by atoms with E-state index >= 15 is 0 Å². The highest BCUT2D eigenvalue weighted by atomic mass is 127. The molecule has 0 bridgehead atoms. The van der Waals surface area contributed by atoms with Gasteiger partial charge in [0.1, 0.15) is 5.82 Å². The molecule has 1 aromatic heterocycles. The Morgan fingerprint density at radius 3 is 2.82 bits per heavy atom. The van der Waals surface area contributed by atoms with Gasteiger partial charge in [-0.3, -0.25) is 0 Å². The molecule has 1 aliphatic carbocycles. The van der Waals surface area contributed by atoms with Gasteiger partial charge in [0.2, 0.25) is 0 Å². The molecular formula is C12H12FIN2S. The van der Waals surface area contributed by atoms with Gasteiger partial charge in [-0.15, -0.1) is 0 Å². The molecule has 2 aromatic rings. The van der Waals surface area contributed by atoms with Crippen molar-refractivity contribution in [2.24, 2.45) is 5.92 Å². The van der Waals surface area contributed by atoms with E-state index < -0.39 is 0 Å². The number of nitrogens with zero attached hydrogens (tertiary/aromatic N) is 1. The van der Waals surface area contributed by atoms with Crippen LogP contribution < -0.4 is 0 Å². The maximum Gasteiger partial charge on any atom is 0.178 e. The molecule has 90 valence electrons. The van der Waals surface area contributed by atoms with Gasteiger partial charge in [-0.1, -0.05) is 6.92 Å². The molecule has 1 aliphatic rings. The standard InChI is InChI=1S/C12H12FIN2S/c1-6-2-7(3-6)16-11-4-8(13)9(14)5-10(11)15-12(16)17/h4-7H,2-3H2,1H3,(H,15,17). The fourth-order valence-electron chi connectivity index (χ4n) is 2.55. The summed E-state index contributed by atoms with van der Waals surface area (Å²) in [5.74, 6) is 0.578. The van der Waals surface area contributed by atoms with Gasteiger partial charge >= 0.3 is 0 Å². The Morgan fingerprint density at radius 1 is 1.47 bits per heavy atom. The minimum atomic E-state index is -0.173. The average molecular weight is 362 g/mol. The maximum absolute atomic E-state index is 13.6. The molecule has 2 nitrogen and oxygen atoms in total. The van der Waals surface area contributed by atoms with Crippen LogP contribution in [0.2, 0.25) is 0 Å². The molecule has 0 amide bonds. The number of aromatic amines is 1. The van der Waals surface area contributed by atoms with Gasteiger partial charge in [-0.2, -0.15) is 0 Å². The summed E-state index contributed by atoms with van der Waals surface area (Å²) in [5.41, 5.74) is 1.82. The number of H-pyrrole nitrogens is 1. The lowest BCUT2D eigenvalue weighted by Crippen LogP contribution is -2.24. The van der Waals surface area contributed by atoms with E-state index in [9.17, 15) is 4.39 Å². The van der Waals surface area contributed by atoms with E-state index in [1.807, 2.05) is 28.7 Å². The summed E-state index contributed by atoms with van der Waals surface area (Å²) >= 11 is 7.34. The molecule has 1 N–H and O–H groups in total. The number of rotatable bonds is 1. The molecule has 0 radical (unpaired) electrons. The topological polar surface area (TPSA) is 20.7 Å². The van der Waals surface area contributed by atoms with Gasteiger partial charge in [-0.25, -0.2) is 4.39 Å². The second-order valence-corrected chi connectivity index (χ2v) is 6.36. The third-order valence-corrected chi connectivity index (χ3v) is 4.60. The molecule has 3 rings (SSSR count). The van der Waals surface area contributed by atoms with Crippen molar-refractivity contribution in [3.05, 3.63) is 26.3 Å². The molecule has 0 unspecified atom stereocenters. The molecule has 1 heterocycles. The minimum absolute atomic E-state index is 0.173. The zero-order chi connectivity index (χ0) is 12.2. The Kier molecular flexibility index (Phi) is 2.77. The number of imidazole rings is 1. The fraction of sp³-hybridized carbons (Fsp3) is 0.417. The lowest BCUT2D eigenvalue weighted by Gasteiger charge is -2.34. The summed E-state index contributed by atoms with van der Waals surface area (Å²) in [5, 5.41) is 0. The maximum atomic E-state index is 13.6. The average Bonchev–Trinajstić information content (AvgIpc) is 2.51. The van der Waals surface area contributed by atoms with E-state index in [0.717, 1.165) is 29.8 Å². The van der Waals surface area contributed by atoms with Crippen molar-refractivity contribution in [2.45, 2.75) is 25.8 Å². The molecule has 0 spiro atoms. The van der Waals surface area contributed by atoms with Crippen molar-refractivity contribution >= 4 is 45.8 Å². The van der Waals surface area contributed by atoms with E-state index in [1.165, 1.54) is 0 Å². The van der Waals surface area contributed by atoms with Crippen LogP contribution in [0.4, 0.5) is 4.39 Å².